The molecule has 0 bridgehead atoms. The van der Waals surface area contributed by atoms with Crippen molar-refractivity contribution < 1.29 is 18.0 Å². The number of amides is 2. The number of halogens is 2. The Labute approximate surface area is 269 Å². The molecule has 0 aliphatic heterocycles. The van der Waals surface area contributed by atoms with E-state index < -0.39 is 28.5 Å². The number of carbonyl (C=O) groups excluding carboxylic acids is 2. The third-order valence-electron chi connectivity index (χ3n) is 7.00. The molecule has 0 saturated carbocycles. The molecule has 2 amide bonds. The fourth-order valence-electron chi connectivity index (χ4n) is 4.67. The van der Waals surface area contributed by atoms with Gasteiger partial charge in [-0.15, -0.1) is 0 Å². The second-order valence-corrected chi connectivity index (χ2v) is 13.4. The van der Waals surface area contributed by atoms with Crippen molar-refractivity contribution in [1.82, 2.24) is 10.2 Å². The van der Waals surface area contributed by atoms with E-state index in [1.54, 1.807) is 66.7 Å². The van der Waals surface area contributed by atoms with Gasteiger partial charge in [-0.1, -0.05) is 110 Å². The van der Waals surface area contributed by atoms with E-state index in [4.69, 9.17) is 23.2 Å². The van der Waals surface area contributed by atoms with Gasteiger partial charge in [-0.3, -0.25) is 13.9 Å². The van der Waals surface area contributed by atoms with Crippen molar-refractivity contribution in [1.29, 1.82) is 0 Å². The lowest BCUT2D eigenvalue weighted by molar-refractivity contribution is -0.140. The summed E-state index contributed by atoms with van der Waals surface area (Å²) in [5.74, 6) is -0.788. The number of nitrogens with zero attached hydrogens (tertiary/aromatic N) is 2. The summed E-state index contributed by atoms with van der Waals surface area (Å²) in [4.78, 5) is 29.7. The summed E-state index contributed by atoms with van der Waals surface area (Å²) in [6.45, 7) is 3.68. The van der Waals surface area contributed by atoms with Crippen molar-refractivity contribution in [2.24, 2.45) is 5.92 Å². The molecule has 44 heavy (non-hydrogen) atoms. The minimum Gasteiger partial charge on any atom is -0.354 e. The van der Waals surface area contributed by atoms with Gasteiger partial charge in [0.15, 0.2) is 0 Å². The molecule has 0 radical (unpaired) electrons. The van der Waals surface area contributed by atoms with Gasteiger partial charge in [-0.05, 0) is 47.9 Å². The zero-order chi connectivity index (χ0) is 31.7. The number of para-hydroxylation sites is 1. The zero-order valence-corrected chi connectivity index (χ0v) is 26.9. The Balaban J connectivity index is 1.81. The highest BCUT2D eigenvalue weighted by molar-refractivity contribution is 7.92. The summed E-state index contributed by atoms with van der Waals surface area (Å²) >= 11 is 13.1. The van der Waals surface area contributed by atoms with E-state index in [-0.39, 0.29) is 29.7 Å². The predicted octanol–water partition coefficient (Wildman–Crippen LogP) is 6.60. The summed E-state index contributed by atoms with van der Waals surface area (Å²) in [5.41, 5.74) is 1.59. The van der Waals surface area contributed by atoms with Crippen molar-refractivity contribution in [3.8, 4) is 0 Å². The number of hydrogen-bond acceptors (Lipinski definition) is 4. The Bertz CT molecular complexity index is 1630. The highest BCUT2D eigenvalue weighted by Crippen LogP contribution is 2.29. The van der Waals surface area contributed by atoms with Gasteiger partial charge in [-0.25, -0.2) is 8.42 Å². The Morgan fingerprint density at radius 2 is 1.32 bits per heavy atom. The number of nitrogens with one attached hydrogen (secondary N) is 1. The van der Waals surface area contributed by atoms with E-state index in [2.05, 4.69) is 5.32 Å². The second-order valence-electron chi connectivity index (χ2n) is 10.7. The summed E-state index contributed by atoms with van der Waals surface area (Å²) in [7, 11) is -4.17. The third kappa shape index (κ3) is 8.40. The number of sulfonamides is 1. The first-order chi connectivity index (χ1) is 21.1. The summed E-state index contributed by atoms with van der Waals surface area (Å²) in [5, 5.41) is 3.62. The van der Waals surface area contributed by atoms with E-state index in [0.29, 0.717) is 27.8 Å². The molecule has 230 valence electrons. The molecule has 0 aliphatic carbocycles. The van der Waals surface area contributed by atoms with Gasteiger partial charge < -0.3 is 10.2 Å². The first-order valence-corrected chi connectivity index (χ1v) is 16.4. The molecule has 0 fully saturated rings. The van der Waals surface area contributed by atoms with E-state index in [1.165, 1.54) is 17.0 Å². The van der Waals surface area contributed by atoms with Crippen molar-refractivity contribution in [2.75, 3.05) is 17.4 Å². The minimum absolute atomic E-state index is 0.0351. The fraction of sp³-hybridized carbons (Fsp3) is 0.235. The summed E-state index contributed by atoms with van der Waals surface area (Å²) < 4.78 is 29.0. The number of carbonyl (C=O) groups is 2. The van der Waals surface area contributed by atoms with Crippen LogP contribution in [0.2, 0.25) is 10.0 Å². The largest absolute Gasteiger partial charge is 0.354 e. The number of rotatable bonds is 13. The molecule has 1 N–H and O–H groups in total. The summed E-state index contributed by atoms with van der Waals surface area (Å²) in [6, 6.07) is 29.7. The Morgan fingerprint density at radius 3 is 1.89 bits per heavy atom. The van der Waals surface area contributed by atoms with Crippen LogP contribution in [-0.4, -0.2) is 44.3 Å². The zero-order valence-electron chi connectivity index (χ0n) is 24.6. The monoisotopic (exact) mass is 651 g/mol. The average molecular weight is 653 g/mol. The molecule has 1 unspecified atom stereocenters. The van der Waals surface area contributed by atoms with Crippen molar-refractivity contribution in [3.63, 3.8) is 0 Å². The van der Waals surface area contributed by atoms with Crippen LogP contribution in [-0.2, 0) is 32.6 Å². The van der Waals surface area contributed by atoms with Crippen LogP contribution < -0.4 is 9.62 Å². The van der Waals surface area contributed by atoms with Crippen LogP contribution in [0.25, 0.3) is 0 Å². The van der Waals surface area contributed by atoms with Crippen molar-refractivity contribution in [3.05, 3.63) is 130 Å². The molecular weight excluding hydrogens is 617 g/mol. The molecular formula is C34H35Cl2N3O4S. The molecule has 4 rings (SSSR count). The lowest BCUT2D eigenvalue weighted by Crippen LogP contribution is -2.53. The van der Waals surface area contributed by atoms with Crippen LogP contribution in [0, 0.1) is 5.92 Å². The van der Waals surface area contributed by atoms with Gasteiger partial charge in [0.1, 0.15) is 12.6 Å². The van der Waals surface area contributed by atoms with E-state index in [9.17, 15) is 18.0 Å². The van der Waals surface area contributed by atoms with E-state index in [1.807, 2.05) is 44.2 Å². The normalized spacial score (nSPS) is 12.0. The van der Waals surface area contributed by atoms with Gasteiger partial charge in [0, 0.05) is 35.1 Å². The smallest absolute Gasteiger partial charge is 0.264 e. The van der Waals surface area contributed by atoms with Gasteiger partial charge in [0.25, 0.3) is 10.0 Å². The molecule has 10 heteroatoms. The Kier molecular flexibility index (Phi) is 11.4. The van der Waals surface area contributed by atoms with Crippen molar-refractivity contribution in [2.45, 2.75) is 37.8 Å². The molecule has 0 saturated heterocycles. The molecule has 4 aromatic carbocycles. The molecule has 0 aliphatic rings. The van der Waals surface area contributed by atoms with Gasteiger partial charge in [0.2, 0.25) is 11.8 Å². The SMILES string of the molecule is CC(C)CNC(=O)C(Cc1ccccc1)N(Cc1c(Cl)cccc1Cl)C(=O)CN(c1ccccc1)S(=O)(=O)c1ccccc1. The van der Waals surface area contributed by atoms with Crippen LogP contribution in [0.3, 0.4) is 0 Å². The highest BCUT2D eigenvalue weighted by atomic mass is 35.5. The Hall–Kier alpha value is -3.85. The molecule has 0 spiro atoms. The fourth-order valence-corrected chi connectivity index (χ4v) is 6.63. The first-order valence-electron chi connectivity index (χ1n) is 14.2. The number of anilines is 1. The second kappa shape index (κ2) is 15.2. The molecule has 7 nitrogen and oxygen atoms in total. The lowest BCUT2D eigenvalue weighted by atomic mass is 10.0. The number of hydrogen-bond donors (Lipinski definition) is 1. The van der Waals surface area contributed by atoms with Gasteiger partial charge in [-0.2, -0.15) is 0 Å². The maximum atomic E-state index is 14.5. The standard InChI is InChI=1S/C34H35Cl2N3O4S/c1-25(2)22-37-34(41)32(21-26-13-6-3-7-14-26)38(23-29-30(35)19-12-20-31(29)36)33(40)24-39(27-15-8-4-9-16-27)44(42,43)28-17-10-5-11-18-28/h3-20,25,32H,21-24H2,1-2H3,(H,37,41). The highest BCUT2D eigenvalue weighted by Gasteiger charge is 2.35. The van der Waals surface area contributed by atoms with E-state index in [0.717, 1.165) is 9.87 Å². The lowest BCUT2D eigenvalue weighted by Gasteiger charge is -2.34. The number of benzene rings is 4. The maximum Gasteiger partial charge on any atom is 0.264 e. The van der Waals surface area contributed by atoms with Crippen LogP contribution in [0.15, 0.2) is 114 Å². The third-order valence-corrected chi connectivity index (χ3v) is 9.50. The predicted molar refractivity (Wildman–Crippen MR) is 176 cm³/mol. The van der Waals surface area contributed by atoms with Crippen LogP contribution in [0.5, 0.6) is 0 Å². The average Bonchev–Trinajstić information content (AvgIpc) is 3.02. The van der Waals surface area contributed by atoms with Gasteiger partial charge >= 0.3 is 0 Å². The Morgan fingerprint density at radius 1 is 0.773 bits per heavy atom. The van der Waals surface area contributed by atoms with Crippen molar-refractivity contribution >= 4 is 50.7 Å². The van der Waals surface area contributed by atoms with Crippen LogP contribution >= 0.6 is 23.2 Å². The maximum absolute atomic E-state index is 14.5. The van der Waals surface area contributed by atoms with Gasteiger partial charge in [0.05, 0.1) is 10.6 Å². The van der Waals surface area contributed by atoms with Crippen LogP contribution in [0.1, 0.15) is 25.0 Å². The topological polar surface area (TPSA) is 86.8 Å². The molecule has 4 aromatic rings. The minimum atomic E-state index is -4.17. The van der Waals surface area contributed by atoms with E-state index >= 15 is 0 Å². The first kappa shape index (κ1) is 33.1. The molecule has 1 atom stereocenters. The summed E-state index contributed by atoms with van der Waals surface area (Å²) in [6.07, 6.45) is 0.190. The quantitative estimate of drug-likeness (QED) is 0.176. The molecule has 0 aromatic heterocycles. The molecule has 0 heterocycles. The van der Waals surface area contributed by atoms with Crippen LogP contribution in [0.4, 0.5) is 5.69 Å².